The Morgan fingerprint density at radius 2 is 2.18 bits per heavy atom. The second kappa shape index (κ2) is 5.78. The quantitative estimate of drug-likeness (QED) is 0.792. The van der Waals surface area contributed by atoms with Gasteiger partial charge in [0.1, 0.15) is 23.7 Å². The Morgan fingerprint density at radius 1 is 1.36 bits per heavy atom. The van der Waals surface area contributed by atoms with Gasteiger partial charge in [-0.3, -0.25) is 4.90 Å². The molecule has 1 saturated heterocycles. The molecular weight excluding hydrogens is 286 g/mol. The zero-order chi connectivity index (χ0) is 15.7. The number of benzene rings is 1. The average Bonchev–Trinajstić information content (AvgIpc) is 2.44. The van der Waals surface area contributed by atoms with Crippen molar-refractivity contribution in [3.63, 3.8) is 0 Å². The Balaban J connectivity index is 1.76. The summed E-state index contributed by atoms with van der Waals surface area (Å²) in [6.07, 6.45) is 0. The molecular formula is C16H21NO5. The van der Waals surface area contributed by atoms with Crippen LogP contribution in [-0.2, 0) is 9.47 Å². The third-order valence-corrected chi connectivity index (χ3v) is 3.84. The summed E-state index contributed by atoms with van der Waals surface area (Å²) in [4.78, 5) is 14.4. The number of carbonyl (C=O) groups is 1. The molecule has 2 heterocycles. The van der Waals surface area contributed by atoms with E-state index in [0.29, 0.717) is 30.3 Å². The number of esters is 1. The molecule has 0 N–H and O–H groups in total. The van der Waals surface area contributed by atoms with E-state index in [2.05, 4.69) is 4.90 Å². The number of likely N-dealkylation sites (N-methyl/N-ethyl adjacent to an activating group) is 1. The van der Waals surface area contributed by atoms with E-state index >= 15 is 0 Å². The molecule has 0 bridgehead atoms. The van der Waals surface area contributed by atoms with Crippen molar-refractivity contribution in [3.8, 4) is 11.5 Å². The van der Waals surface area contributed by atoms with E-state index in [4.69, 9.17) is 18.9 Å². The van der Waals surface area contributed by atoms with Gasteiger partial charge < -0.3 is 18.9 Å². The van der Waals surface area contributed by atoms with Crippen LogP contribution < -0.4 is 9.47 Å². The minimum atomic E-state index is -0.958. The van der Waals surface area contributed by atoms with Crippen molar-refractivity contribution < 1.29 is 23.7 Å². The first-order valence-corrected chi connectivity index (χ1v) is 7.42. The van der Waals surface area contributed by atoms with Crippen LogP contribution in [-0.4, -0.2) is 56.1 Å². The third kappa shape index (κ3) is 3.03. The van der Waals surface area contributed by atoms with E-state index in [9.17, 15) is 4.79 Å². The van der Waals surface area contributed by atoms with Crippen LogP contribution in [0, 0.1) is 0 Å². The van der Waals surface area contributed by atoms with E-state index in [0.717, 1.165) is 13.2 Å². The number of rotatable bonds is 3. The number of cyclic esters (lactones) is 1. The van der Waals surface area contributed by atoms with Gasteiger partial charge in [0, 0.05) is 20.4 Å². The lowest BCUT2D eigenvalue weighted by Gasteiger charge is -2.34. The molecule has 1 aromatic rings. The van der Waals surface area contributed by atoms with Crippen LogP contribution in [0.4, 0.5) is 0 Å². The zero-order valence-electron chi connectivity index (χ0n) is 13.1. The molecule has 0 saturated carbocycles. The van der Waals surface area contributed by atoms with Crippen molar-refractivity contribution >= 4 is 5.97 Å². The van der Waals surface area contributed by atoms with Gasteiger partial charge in [-0.2, -0.15) is 0 Å². The van der Waals surface area contributed by atoms with E-state index in [1.54, 1.807) is 26.0 Å². The summed E-state index contributed by atoms with van der Waals surface area (Å²) in [5.41, 5.74) is 0.348. The fourth-order valence-corrected chi connectivity index (χ4v) is 2.58. The van der Waals surface area contributed by atoms with Gasteiger partial charge in [0.05, 0.1) is 19.3 Å². The molecule has 0 spiro atoms. The van der Waals surface area contributed by atoms with Crippen molar-refractivity contribution in [1.29, 1.82) is 0 Å². The zero-order valence-corrected chi connectivity index (χ0v) is 13.1. The molecule has 6 nitrogen and oxygen atoms in total. The highest BCUT2D eigenvalue weighted by Crippen LogP contribution is 2.36. The Morgan fingerprint density at radius 3 is 2.95 bits per heavy atom. The predicted molar refractivity (Wildman–Crippen MR) is 79.3 cm³/mol. The van der Waals surface area contributed by atoms with Crippen LogP contribution in [0.25, 0.3) is 0 Å². The lowest BCUT2D eigenvalue weighted by atomic mass is 10.1. The van der Waals surface area contributed by atoms with Gasteiger partial charge in [-0.15, -0.1) is 0 Å². The van der Waals surface area contributed by atoms with Gasteiger partial charge >= 0.3 is 5.97 Å². The number of nitrogens with zero attached hydrogens (tertiary/aromatic N) is 1. The molecule has 3 rings (SSSR count). The lowest BCUT2D eigenvalue weighted by Crippen LogP contribution is -2.46. The van der Waals surface area contributed by atoms with Gasteiger partial charge in [-0.05, 0) is 19.2 Å². The molecule has 6 heteroatoms. The van der Waals surface area contributed by atoms with E-state index in [-0.39, 0.29) is 6.04 Å². The summed E-state index contributed by atoms with van der Waals surface area (Å²) < 4.78 is 22.3. The van der Waals surface area contributed by atoms with Crippen molar-refractivity contribution in [3.05, 3.63) is 23.8 Å². The maximum atomic E-state index is 12.2. The number of morpholine rings is 1. The Hall–Kier alpha value is -1.79. The van der Waals surface area contributed by atoms with E-state index in [1.165, 1.54) is 0 Å². The molecule has 2 aliphatic rings. The largest absolute Gasteiger partial charge is 0.491 e. The molecule has 120 valence electrons. The van der Waals surface area contributed by atoms with Crippen LogP contribution >= 0.6 is 0 Å². The van der Waals surface area contributed by atoms with Gasteiger partial charge in [-0.25, -0.2) is 4.79 Å². The Bertz CT molecular complexity index is 572. The molecule has 22 heavy (non-hydrogen) atoms. The maximum absolute atomic E-state index is 12.2. The minimum absolute atomic E-state index is 0.168. The lowest BCUT2D eigenvalue weighted by molar-refractivity contribution is -0.127. The Kier molecular flexibility index (Phi) is 3.97. The monoisotopic (exact) mass is 307 g/mol. The third-order valence-electron chi connectivity index (χ3n) is 3.84. The highest BCUT2D eigenvalue weighted by Gasteiger charge is 2.36. The summed E-state index contributed by atoms with van der Waals surface area (Å²) in [6.45, 7) is 6.10. The fraction of sp³-hybridized carbons (Fsp3) is 0.562. The first-order valence-electron chi connectivity index (χ1n) is 7.42. The van der Waals surface area contributed by atoms with Crippen molar-refractivity contribution in [1.82, 2.24) is 4.90 Å². The van der Waals surface area contributed by atoms with Crippen LogP contribution in [0.3, 0.4) is 0 Å². The number of ether oxygens (including phenoxy) is 4. The first kappa shape index (κ1) is 15.1. The number of carbonyl (C=O) groups excluding carboxylic acids is 1. The van der Waals surface area contributed by atoms with Crippen molar-refractivity contribution in [2.24, 2.45) is 0 Å². The van der Waals surface area contributed by atoms with Gasteiger partial charge in [0.15, 0.2) is 0 Å². The fourth-order valence-electron chi connectivity index (χ4n) is 2.58. The topological polar surface area (TPSA) is 57.2 Å². The van der Waals surface area contributed by atoms with E-state index < -0.39 is 11.8 Å². The molecule has 0 aliphatic carbocycles. The molecule has 1 aromatic carbocycles. The second-order valence-electron chi connectivity index (χ2n) is 6.04. The normalized spacial score (nSPS) is 24.1. The molecule has 1 atom stereocenters. The number of fused-ring (bicyclic) bond motifs is 1. The smallest absolute Gasteiger partial charge is 0.349 e. The van der Waals surface area contributed by atoms with Crippen LogP contribution in [0.5, 0.6) is 11.5 Å². The summed E-state index contributed by atoms with van der Waals surface area (Å²) in [6, 6.07) is 5.48. The molecule has 2 aliphatic heterocycles. The maximum Gasteiger partial charge on any atom is 0.349 e. The van der Waals surface area contributed by atoms with Gasteiger partial charge in [-0.1, -0.05) is 6.07 Å². The highest BCUT2D eigenvalue weighted by atomic mass is 16.7. The Labute approximate surface area is 129 Å². The highest BCUT2D eigenvalue weighted by molar-refractivity contribution is 5.96. The van der Waals surface area contributed by atoms with Gasteiger partial charge in [0.25, 0.3) is 0 Å². The second-order valence-corrected chi connectivity index (χ2v) is 6.04. The van der Waals surface area contributed by atoms with Crippen LogP contribution in [0.15, 0.2) is 18.2 Å². The molecule has 0 aromatic heterocycles. The van der Waals surface area contributed by atoms with Crippen LogP contribution in [0.1, 0.15) is 24.2 Å². The minimum Gasteiger partial charge on any atom is -0.491 e. The number of hydrogen-bond acceptors (Lipinski definition) is 6. The summed E-state index contributed by atoms with van der Waals surface area (Å²) in [7, 11) is 2.04. The molecule has 0 amide bonds. The van der Waals surface area contributed by atoms with Crippen molar-refractivity contribution in [2.75, 3.05) is 33.4 Å². The SMILES string of the molecule is CN1CCOC[C@H]1COc1cccc2c1C(=O)OC(C)(C)O2. The summed E-state index contributed by atoms with van der Waals surface area (Å²) in [5.74, 6) is -0.404. The van der Waals surface area contributed by atoms with Crippen LogP contribution in [0.2, 0.25) is 0 Å². The molecule has 0 unspecified atom stereocenters. The number of hydrogen-bond donors (Lipinski definition) is 0. The first-order chi connectivity index (χ1) is 10.5. The average molecular weight is 307 g/mol. The molecule has 1 fully saturated rings. The van der Waals surface area contributed by atoms with E-state index in [1.807, 2.05) is 13.1 Å². The predicted octanol–water partition coefficient (Wildman–Crippen LogP) is 1.68. The molecule has 0 radical (unpaired) electrons. The summed E-state index contributed by atoms with van der Waals surface area (Å²) >= 11 is 0. The summed E-state index contributed by atoms with van der Waals surface area (Å²) in [5, 5.41) is 0. The van der Waals surface area contributed by atoms with Gasteiger partial charge in [0.2, 0.25) is 5.79 Å². The standard InChI is InChI=1S/C16H21NO5/c1-16(2)21-13-6-4-5-12(14(13)15(18)22-16)20-10-11-9-19-8-7-17(11)3/h4-6,11H,7-10H2,1-3H3/t11-/m0/s1. The van der Waals surface area contributed by atoms with Crippen molar-refractivity contribution in [2.45, 2.75) is 25.7 Å².